The van der Waals surface area contributed by atoms with Gasteiger partial charge in [-0.3, -0.25) is 4.90 Å². The summed E-state index contributed by atoms with van der Waals surface area (Å²) in [7, 11) is 0. The highest BCUT2D eigenvalue weighted by Crippen LogP contribution is 2.12. The van der Waals surface area contributed by atoms with Crippen LogP contribution in [0.5, 0.6) is 5.75 Å². The molecule has 1 fully saturated rings. The van der Waals surface area contributed by atoms with E-state index in [-0.39, 0.29) is 6.61 Å². The van der Waals surface area contributed by atoms with Crippen molar-refractivity contribution in [3.63, 3.8) is 0 Å². The van der Waals surface area contributed by atoms with Crippen LogP contribution in [-0.4, -0.2) is 55.6 Å². The summed E-state index contributed by atoms with van der Waals surface area (Å²) in [5, 5.41) is 18.7. The molecule has 1 saturated heterocycles. The number of nitriles is 1. The van der Waals surface area contributed by atoms with Crippen molar-refractivity contribution >= 4 is 0 Å². The lowest BCUT2D eigenvalue weighted by Crippen LogP contribution is -2.37. The van der Waals surface area contributed by atoms with E-state index in [0.717, 1.165) is 32.7 Å². The average Bonchev–Trinajstić information content (AvgIpc) is 2.74. The quantitative estimate of drug-likeness (QED) is 0.870. The Labute approximate surface area is 119 Å². The van der Waals surface area contributed by atoms with Crippen molar-refractivity contribution in [2.24, 2.45) is 0 Å². The molecule has 1 unspecified atom stereocenters. The first-order chi connectivity index (χ1) is 9.78. The Morgan fingerprint density at radius 3 is 2.85 bits per heavy atom. The third-order valence-electron chi connectivity index (χ3n) is 3.21. The van der Waals surface area contributed by atoms with Gasteiger partial charge >= 0.3 is 0 Å². The Bertz CT molecular complexity index is 433. The number of hydrogen-bond acceptors (Lipinski definition) is 5. The molecule has 2 rings (SSSR count). The first-order valence-corrected chi connectivity index (χ1v) is 6.89. The van der Waals surface area contributed by atoms with Crippen LogP contribution >= 0.6 is 0 Å². The fraction of sp³-hybridized carbons (Fsp3) is 0.533. The fourth-order valence-corrected chi connectivity index (χ4v) is 2.15. The van der Waals surface area contributed by atoms with E-state index in [0.29, 0.717) is 17.9 Å². The van der Waals surface area contributed by atoms with Gasteiger partial charge in [-0.25, -0.2) is 0 Å². The molecule has 0 spiro atoms. The molecule has 0 aromatic heterocycles. The Hall–Kier alpha value is -1.61. The number of rotatable bonds is 5. The maximum atomic E-state index is 10.00. The minimum absolute atomic E-state index is 0.253. The van der Waals surface area contributed by atoms with Crippen LogP contribution < -0.4 is 4.74 Å². The summed E-state index contributed by atoms with van der Waals surface area (Å²) < 4.78 is 10.9. The summed E-state index contributed by atoms with van der Waals surface area (Å²) in [6.45, 7) is 4.18. The van der Waals surface area contributed by atoms with Gasteiger partial charge in [0.1, 0.15) is 18.5 Å². The lowest BCUT2D eigenvalue weighted by atomic mass is 10.2. The molecule has 1 N–H and O–H groups in total. The number of benzene rings is 1. The molecule has 1 aromatic carbocycles. The van der Waals surface area contributed by atoms with Crippen molar-refractivity contribution < 1.29 is 14.6 Å². The number of hydrogen-bond donors (Lipinski definition) is 1. The van der Waals surface area contributed by atoms with Crippen LogP contribution in [0.4, 0.5) is 0 Å². The maximum absolute atomic E-state index is 10.00. The third-order valence-corrected chi connectivity index (χ3v) is 3.21. The summed E-state index contributed by atoms with van der Waals surface area (Å²) >= 11 is 0. The largest absolute Gasteiger partial charge is 0.491 e. The number of aliphatic hydroxyl groups excluding tert-OH is 1. The van der Waals surface area contributed by atoms with Gasteiger partial charge in [0.2, 0.25) is 0 Å². The average molecular weight is 276 g/mol. The molecule has 20 heavy (non-hydrogen) atoms. The molecule has 108 valence electrons. The molecule has 1 aliphatic heterocycles. The molecule has 0 bridgehead atoms. The van der Waals surface area contributed by atoms with Crippen LogP contribution in [0.25, 0.3) is 0 Å². The Morgan fingerprint density at radius 1 is 1.30 bits per heavy atom. The van der Waals surface area contributed by atoms with Gasteiger partial charge in [-0.2, -0.15) is 5.26 Å². The molecule has 1 aromatic rings. The van der Waals surface area contributed by atoms with Crippen LogP contribution in [-0.2, 0) is 4.74 Å². The van der Waals surface area contributed by atoms with Crippen molar-refractivity contribution in [3.05, 3.63) is 29.8 Å². The van der Waals surface area contributed by atoms with Gasteiger partial charge < -0.3 is 14.6 Å². The van der Waals surface area contributed by atoms with Crippen LogP contribution in [0, 0.1) is 11.3 Å². The van der Waals surface area contributed by atoms with E-state index >= 15 is 0 Å². The first-order valence-electron chi connectivity index (χ1n) is 6.89. The molecular weight excluding hydrogens is 256 g/mol. The second-order valence-corrected chi connectivity index (χ2v) is 4.87. The van der Waals surface area contributed by atoms with Gasteiger partial charge in [0.15, 0.2) is 0 Å². The number of aliphatic hydroxyl groups is 1. The number of nitrogens with zero attached hydrogens (tertiary/aromatic N) is 2. The summed E-state index contributed by atoms with van der Waals surface area (Å²) in [5.41, 5.74) is 0.600. The summed E-state index contributed by atoms with van der Waals surface area (Å²) in [5.74, 6) is 0.669. The van der Waals surface area contributed by atoms with Crippen molar-refractivity contribution in [2.75, 3.05) is 39.5 Å². The van der Waals surface area contributed by atoms with Gasteiger partial charge in [0.25, 0.3) is 0 Å². The van der Waals surface area contributed by atoms with Crippen molar-refractivity contribution in [1.82, 2.24) is 4.90 Å². The zero-order valence-corrected chi connectivity index (χ0v) is 11.5. The number of β-amino-alcohol motifs (C(OH)–C–C–N with tert-alkyl or cyclic N) is 1. The highest BCUT2D eigenvalue weighted by atomic mass is 16.5. The standard InChI is InChI=1S/C15H20N2O3/c16-10-13-2-4-15(5-3-13)20-12-14(18)11-17-6-1-8-19-9-7-17/h2-5,14,18H,1,6-9,11-12H2. The smallest absolute Gasteiger partial charge is 0.119 e. The molecule has 5 heteroatoms. The van der Waals surface area contributed by atoms with E-state index in [2.05, 4.69) is 11.0 Å². The maximum Gasteiger partial charge on any atom is 0.119 e. The second kappa shape index (κ2) is 7.85. The van der Waals surface area contributed by atoms with Gasteiger partial charge in [-0.1, -0.05) is 0 Å². The monoisotopic (exact) mass is 276 g/mol. The summed E-state index contributed by atoms with van der Waals surface area (Å²) in [6, 6.07) is 8.94. The van der Waals surface area contributed by atoms with Crippen molar-refractivity contribution in [2.45, 2.75) is 12.5 Å². The Kier molecular flexibility index (Phi) is 5.81. The molecule has 5 nitrogen and oxygen atoms in total. The zero-order valence-electron chi connectivity index (χ0n) is 11.5. The summed E-state index contributed by atoms with van der Waals surface area (Å²) in [4.78, 5) is 2.19. The Morgan fingerprint density at radius 2 is 2.10 bits per heavy atom. The van der Waals surface area contributed by atoms with E-state index < -0.39 is 6.10 Å². The molecule has 1 aliphatic rings. The minimum atomic E-state index is -0.524. The molecule has 0 amide bonds. The highest BCUT2D eigenvalue weighted by molar-refractivity contribution is 5.34. The van der Waals surface area contributed by atoms with E-state index in [1.807, 2.05) is 0 Å². The van der Waals surface area contributed by atoms with Gasteiger partial charge in [0, 0.05) is 26.2 Å². The van der Waals surface area contributed by atoms with E-state index in [1.165, 1.54) is 0 Å². The van der Waals surface area contributed by atoms with Crippen LogP contribution in [0.2, 0.25) is 0 Å². The topological polar surface area (TPSA) is 65.7 Å². The van der Waals surface area contributed by atoms with Gasteiger partial charge in [-0.05, 0) is 30.7 Å². The lowest BCUT2D eigenvalue weighted by molar-refractivity contribution is 0.0658. The highest BCUT2D eigenvalue weighted by Gasteiger charge is 2.14. The normalized spacial score (nSPS) is 18.0. The van der Waals surface area contributed by atoms with E-state index in [9.17, 15) is 5.11 Å². The molecule has 0 saturated carbocycles. The minimum Gasteiger partial charge on any atom is -0.491 e. The van der Waals surface area contributed by atoms with E-state index in [1.54, 1.807) is 24.3 Å². The SMILES string of the molecule is N#Cc1ccc(OCC(O)CN2CCCOCC2)cc1. The van der Waals surface area contributed by atoms with E-state index in [4.69, 9.17) is 14.7 Å². The predicted molar refractivity (Wildman–Crippen MR) is 74.5 cm³/mol. The molecule has 0 radical (unpaired) electrons. The lowest BCUT2D eigenvalue weighted by Gasteiger charge is -2.22. The fourth-order valence-electron chi connectivity index (χ4n) is 2.15. The molecular formula is C15H20N2O3. The van der Waals surface area contributed by atoms with Gasteiger partial charge in [-0.15, -0.1) is 0 Å². The zero-order chi connectivity index (χ0) is 14.2. The summed E-state index contributed by atoms with van der Waals surface area (Å²) in [6.07, 6.45) is 0.479. The molecule has 0 aliphatic carbocycles. The van der Waals surface area contributed by atoms with Crippen LogP contribution in [0.1, 0.15) is 12.0 Å². The van der Waals surface area contributed by atoms with Gasteiger partial charge in [0.05, 0.1) is 18.2 Å². The van der Waals surface area contributed by atoms with Crippen molar-refractivity contribution in [3.8, 4) is 11.8 Å². The first kappa shape index (κ1) is 14.8. The third kappa shape index (κ3) is 4.82. The Balaban J connectivity index is 1.73. The predicted octanol–water partition coefficient (Wildman–Crippen LogP) is 1.02. The molecule has 1 atom stereocenters. The molecule has 1 heterocycles. The van der Waals surface area contributed by atoms with Crippen LogP contribution in [0.15, 0.2) is 24.3 Å². The van der Waals surface area contributed by atoms with Crippen LogP contribution in [0.3, 0.4) is 0 Å². The number of ether oxygens (including phenoxy) is 2. The van der Waals surface area contributed by atoms with Crippen molar-refractivity contribution in [1.29, 1.82) is 5.26 Å². The second-order valence-electron chi connectivity index (χ2n) is 4.87.